The van der Waals surface area contributed by atoms with Gasteiger partial charge in [-0.15, -0.1) is 5.10 Å². The average molecular weight is 349 g/mol. The largest absolute Gasteiger partial charge is 0.354 e. The molecular weight excluding hydrogens is 326 g/mol. The number of anilines is 1. The fourth-order valence-electron chi connectivity index (χ4n) is 3.33. The molecule has 0 bridgehead atoms. The van der Waals surface area contributed by atoms with Gasteiger partial charge in [0.15, 0.2) is 5.82 Å². The molecule has 0 radical (unpaired) electrons. The quantitative estimate of drug-likeness (QED) is 0.727. The van der Waals surface area contributed by atoms with Gasteiger partial charge in [-0.05, 0) is 6.07 Å². The normalized spacial score (nSPS) is 15.3. The molecule has 1 aliphatic heterocycles. The number of hydrogen-bond donors (Lipinski definition) is 0. The van der Waals surface area contributed by atoms with Gasteiger partial charge >= 0.3 is 0 Å². The Balaban J connectivity index is 1.50. The van der Waals surface area contributed by atoms with Crippen LogP contribution in [0, 0.1) is 5.92 Å². The SMILES string of the molecule is CC(C)(C)c1ccc(=O)n(CC2CN(c3nncc4ccccc34)C2)n1. The zero-order valence-electron chi connectivity index (χ0n) is 15.4. The van der Waals surface area contributed by atoms with Crippen molar-refractivity contribution >= 4 is 16.6 Å². The van der Waals surface area contributed by atoms with Gasteiger partial charge in [-0.2, -0.15) is 10.2 Å². The first-order valence-electron chi connectivity index (χ1n) is 8.96. The molecule has 1 aliphatic rings. The van der Waals surface area contributed by atoms with Crippen molar-refractivity contribution in [1.82, 2.24) is 20.0 Å². The van der Waals surface area contributed by atoms with Crippen LogP contribution in [-0.2, 0) is 12.0 Å². The Bertz CT molecular complexity index is 993. The maximum Gasteiger partial charge on any atom is 0.266 e. The van der Waals surface area contributed by atoms with E-state index in [9.17, 15) is 4.79 Å². The van der Waals surface area contributed by atoms with Crippen LogP contribution in [0.3, 0.4) is 0 Å². The van der Waals surface area contributed by atoms with E-state index in [0.717, 1.165) is 35.4 Å². The third-order valence-corrected chi connectivity index (χ3v) is 4.87. The van der Waals surface area contributed by atoms with E-state index in [0.29, 0.717) is 12.5 Å². The molecule has 0 spiro atoms. The van der Waals surface area contributed by atoms with Gasteiger partial charge < -0.3 is 4.90 Å². The number of hydrogen-bond acceptors (Lipinski definition) is 5. The molecule has 0 aliphatic carbocycles. The standard InChI is InChI=1S/C20H23N5O/c1-20(2,3)17-8-9-18(26)25(23-17)13-14-11-24(12-14)19-16-7-5-4-6-15(16)10-21-22-19/h4-10,14H,11-13H2,1-3H3. The minimum absolute atomic E-state index is 0.0404. The Kier molecular flexibility index (Phi) is 3.98. The molecule has 0 N–H and O–H groups in total. The van der Waals surface area contributed by atoms with Crippen molar-refractivity contribution in [3.8, 4) is 0 Å². The lowest BCUT2D eigenvalue weighted by Crippen LogP contribution is -2.50. The summed E-state index contributed by atoms with van der Waals surface area (Å²) in [6, 6.07) is 11.6. The summed E-state index contributed by atoms with van der Waals surface area (Å²) in [5.41, 5.74) is 0.828. The summed E-state index contributed by atoms with van der Waals surface area (Å²) in [4.78, 5) is 14.4. The van der Waals surface area contributed by atoms with Crippen LogP contribution in [0.4, 0.5) is 5.82 Å². The van der Waals surface area contributed by atoms with E-state index in [1.54, 1.807) is 16.9 Å². The van der Waals surface area contributed by atoms with E-state index in [-0.39, 0.29) is 11.0 Å². The first-order valence-corrected chi connectivity index (χ1v) is 8.96. The molecule has 3 aromatic rings. The molecule has 6 nitrogen and oxygen atoms in total. The number of nitrogens with zero attached hydrogens (tertiary/aromatic N) is 5. The lowest BCUT2D eigenvalue weighted by Gasteiger charge is -2.40. The molecule has 1 aromatic carbocycles. The first-order chi connectivity index (χ1) is 12.4. The monoisotopic (exact) mass is 349 g/mol. The van der Waals surface area contributed by atoms with Crippen molar-refractivity contribution < 1.29 is 0 Å². The molecule has 6 heteroatoms. The summed E-state index contributed by atoms with van der Waals surface area (Å²) in [6.07, 6.45) is 1.79. The molecule has 4 rings (SSSR count). The van der Waals surface area contributed by atoms with Gasteiger partial charge in [-0.1, -0.05) is 45.0 Å². The first kappa shape index (κ1) is 16.7. The molecule has 0 unspecified atom stereocenters. The second-order valence-electron chi connectivity index (χ2n) is 8.02. The van der Waals surface area contributed by atoms with Gasteiger partial charge in [-0.3, -0.25) is 4.79 Å². The summed E-state index contributed by atoms with van der Waals surface area (Å²) in [7, 11) is 0. The summed E-state index contributed by atoms with van der Waals surface area (Å²) in [5.74, 6) is 1.30. The van der Waals surface area contributed by atoms with Gasteiger partial charge in [-0.25, -0.2) is 4.68 Å². The van der Waals surface area contributed by atoms with Crippen molar-refractivity contribution in [3.05, 3.63) is 58.6 Å². The predicted molar refractivity (Wildman–Crippen MR) is 102 cm³/mol. The lowest BCUT2D eigenvalue weighted by atomic mass is 9.92. The van der Waals surface area contributed by atoms with Crippen LogP contribution >= 0.6 is 0 Å². The highest BCUT2D eigenvalue weighted by Crippen LogP contribution is 2.29. The Hall–Kier alpha value is -2.76. The zero-order valence-corrected chi connectivity index (χ0v) is 15.4. The third-order valence-electron chi connectivity index (χ3n) is 4.87. The second-order valence-corrected chi connectivity index (χ2v) is 8.02. The van der Waals surface area contributed by atoms with Crippen LogP contribution in [0.2, 0.25) is 0 Å². The topological polar surface area (TPSA) is 63.9 Å². The number of rotatable bonds is 3. The predicted octanol–water partition coefficient (Wildman–Crippen LogP) is 2.62. The Morgan fingerprint density at radius 2 is 1.88 bits per heavy atom. The molecule has 0 saturated carbocycles. The Labute approximate surface area is 152 Å². The highest BCUT2D eigenvalue weighted by atomic mass is 16.1. The summed E-state index contributed by atoms with van der Waals surface area (Å²) < 4.78 is 1.61. The van der Waals surface area contributed by atoms with E-state index >= 15 is 0 Å². The maximum atomic E-state index is 12.2. The van der Waals surface area contributed by atoms with Crippen LogP contribution in [-0.4, -0.2) is 33.1 Å². The molecule has 1 saturated heterocycles. The van der Waals surface area contributed by atoms with E-state index in [4.69, 9.17) is 0 Å². The lowest BCUT2D eigenvalue weighted by molar-refractivity contribution is 0.328. The van der Waals surface area contributed by atoms with Crippen LogP contribution < -0.4 is 10.5 Å². The minimum atomic E-state index is -0.0698. The molecule has 0 atom stereocenters. The van der Waals surface area contributed by atoms with Crippen molar-refractivity contribution in [2.24, 2.45) is 5.92 Å². The summed E-state index contributed by atoms with van der Waals surface area (Å²) in [5, 5.41) is 15.2. The van der Waals surface area contributed by atoms with Crippen LogP contribution in [0.1, 0.15) is 26.5 Å². The van der Waals surface area contributed by atoms with Gasteiger partial charge in [0.2, 0.25) is 0 Å². The van der Waals surface area contributed by atoms with E-state index in [1.807, 2.05) is 24.3 Å². The molecule has 1 fully saturated rings. The van der Waals surface area contributed by atoms with Crippen LogP contribution in [0.25, 0.3) is 10.8 Å². The minimum Gasteiger partial charge on any atom is -0.354 e. The third kappa shape index (κ3) is 3.07. The summed E-state index contributed by atoms with van der Waals surface area (Å²) in [6.45, 7) is 8.67. The molecule has 3 heterocycles. The van der Waals surface area contributed by atoms with Crippen LogP contribution in [0.5, 0.6) is 0 Å². The van der Waals surface area contributed by atoms with Crippen molar-refractivity contribution in [2.45, 2.75) is 32.7 Å². The molecular formula is C20H23N5O. The van der Waals surface area contributed by atoms with Crippen molar-refractivity contribution in [2.75, 3.05) is 18.0 Å². The van der Waals surface area contributed by atoms with E-state index < -0.39 is 0 Å². The average Bonchev–Trinajstić information content (AvgIpc) is 2.58. The second kappa shape index (κ2) is 6.20. The zero-order chi connectivity index (χ0) is 18.3. The molecule has 2 aromatic heterocycles. The van der Waals surface area contributed by atoms with E-state index in [2.05, 4.69) is 47.0 Å². The molecule has 0 amide bonds. The van der Waals surface area contributed by atoms with Gasteiger partial charge in [0.1, 0.15) is 0 Å². The molecule has 26 heavy (non-hydrogen) atoms. The highest BCUT2D eigenvalue weighted by Gasteiger charge is 2.30. The number of benzene rings is 1. The smallest absolute Gasteiger partial charge is 0.266 e. The Morgan fingerprint density at radius 3 is 2.65 bits per heavy atom. The Morgan fingerprint density at radius 1 is 1.12 bits per heavy atom. The van der Waals surface area contributed by atoms with E-state index in [1.165, 1.54) is 0 Å². The summed E-state index contributed by atoms with van der Waals surface area (Å²) >= 11 is 0. The number of aromatic nitrogens is 4. The number of fused-ring (bicyclic) bond motifs is 1. The van der Waals surface area contributed by atoms with Gasteiger partial charge in [0.05, 0.1) is 18.4 Å². The fourth-order valence-corrected chi connectivity index (χ4v) is 3.33. The fraction of sp³-hybridized carbons (Fsp3) is 0.400. The molecule has 134 valence electrons. The van der Waals surface area contributed by atoms with Crippen LogP contribution in [0.15, 0.2) is 47.4 Å². The van der Waals surface area contributed by atoms with Crippen molar-refractivity contribution in [3.63, 3.8) is 0 Å². The highest BCUT2D eigenvalue weighted by molar-refractivity contribution is 5.91. The maximum absolute atomic E-state index is 12.2. The van der Waals surface area contributed by atoms with Crippen molar-refractivity contribution in [1.29, 1.82) is 0 Å². The van der Waals surface area contributed by atoms with Gasteiger partial charge in [0.25, 0.3) is 5.56 Å². The van der Waals surface area contributed by atoms with Gasteiger partial charge in [0, 0.05) is 41.3 Å².